The summed E-state index contributed by atoms with van der Waals surface area (Å²) >= 11 is 0. The van der Waals surface area contributed by atoms with E-state index in [1.54, 1.807) is 0 Å². The van der Waals surface area contributed by atoms with Gasteiger partial charge in [0.25, 0.3) is 0 Å². The summed E-state index contributed by atoms with van der Waals surface area (Å²) < 4.78 is 9.74. The molecule has 0 aromatic heterocycles. The molecule has 0 radical (unpaired) electrons. The van der Waals surface area contributed by atoms with E-state index in [0.29, 0.717) is 6.61 Å². The highest BCUT2D eigenvalue weighted by Gasteiger charge is 2.22. The van der Waals surface area contributed by atoms with Crippen LogP contribution in [-0.2, 0) is 14.3 Å². The van der Waals surface area contributed by atoms with Crippen molar-refractivity contribution in [2.75, 3.05) is 13.2 Å². The molecule has 0 aliphatic carbocycles. The molecule has 1 heterocycles. The Hall–Kier alpha value is -0.830. The van der Waals surface area contributed by atoms with Gasteiger partial charge in [0.1, 0.15) is 0 Å². The molecule has 0 spiro atoms. The molecular weight excluding hydrogens is 144 g/mol. The topological polar surface area (TPSA) is 35.5 Å². The predicted molar refractivity (Wildman–Crippen MR) is 39.8 cm³/mol. The lowest BCUT2D eigenvalue weighted by Gasteiger charge is -2.19. The molecule has 62 valence electrons. The van der Waals surface area contributed by atoms with Crippen molar-refractivity contribution in [3.63, 3.8) is 0 Å². The molecule has 1 aliphatic rings. The summed E-state index contributed by atoms with van der Waals surface area (Å²) in [5.41, 5.74) is 0. The van der Waals surface area contributed by atoms with Gasteiger partial charge >= 0.3 is 5.97 Å². The summed E-state index contributed by atoms with van der Waals surface area (Å²) in [7, 11) is 0. The Kier molecular flexibility index (Phi) is 3.11. The van der Waals surface area contributed by atoms with E-state index in [2.05, 4.69) is 11.3 Å². The normalized spacial score (nSPS) is 24.2. The number of esters is 1. The first-order valence-electron chi connectivity index (χ1n) is 3.73. The average molecular weight is 156 g/mol. The molecule has 1 unspecified atom stereocenters. The van der Waals surface area contributed by atoms with Crippen LogP contribution in [0.4, 0.5) is 0 Å². The Morgan fingerprint density at radius 2 is 2.55 bits per heavy atom. The summed E-state index contributed by atoms with van der Waals surface area (Å²) in [6.45, 7) is 4.57. The lowest BCUT2D eigenvalue weighted by atomic mass is 10.0. The van der Waals surface area contributed by atoms with Crippen LogP contribution in [0, 0.1) is 5.92 Å². The van der Waals surface area contributed by atoms with E-state index in [4.69, 9.17) is 4.74 Å². The third-order valence-electron chi connectivity index (χ3n) is 1.69. The van der Waals surface area contributed by atoms with Crippen molar-refractivity contribution in [2.24, 2.45) is 5.92 Å². The quantitative estimate of drug-likeness (QED) is 0.443. The minimum absolute atomic E-state index is 0.0817. The summed E-state index contributed by atoms with van der Waals surface area (Å²) in [6, 6.07) is 0. The van der Waals surface area contributed by atoms with Gasteiger partial charge in [-0.1, -0.05) is 6.58 Å². The van der Waals surface area contributed by atoms with E-state index in [9.17, 15) is 4.79 Å². The van der Waals surface area contributed by atoms with Gasteiger partial charge in [-0.15, -0.1) is 0 Å². The fourth-order valence-corrected chi connectivity index (χ4v) is 1.10. The van der Waals surface area contributed by atoms with Crippen molar-refractivity contribution in [3.05, 3.63) is 12.8 Å². The molecule has 0 amide bonds. The van der Waals surface area contributed by atoms with Crippen LogP contribution in [0.15, 0.2) is 12.8 Å². The van der Waals surface area contributed by atoms with E-state index < -0.39 is 0 Å². The predicted octanol–water partition coefficient (Wildman–Crippen LogP) is 1.10. The maximum absolute atomic E-state index is 11.0. The van der Waals surface area contributed by atoms with Gasteiger partial charge in [-0.2, -0.15) is 0 Å². The maximum Gasteiger partial charge on any atom is 0.316 e. The molecule has 0 N–H and O–H groups in total. The van der Waals surface area contributed by atoms with Gasteiger partial charge in [0.2, 0.25) is 0 Å². The first kappa shape index (κ1) is 8.27. The molecule has 3 heteroatoms. The molecule has 1 rings (SSSR count). The molecule has 0 aromatic carbocycles. The van der Waals surface area contributed by atoms with E-state index in [1.807, 2.05) is 0 Å². The largest absolute Gasteiger partial charge is 0.435 e. The zero-order chi connectivity index (χ0) is 8.10. The number of carbonyl (C=O) groups excluding carboxylic acids is 1. The molecule has 1 aliphatic heterocycles. The van der Waals surface area contributed by atoms with Crippen molar-refractivity contribution in [3.8, 4) is 0 Å². The Bertz CT molecular complexity index is 147. The van der Waals surface area contributed by atoms with Gasteiger partial charge in [0.15, 0.2) is 0 Å². The van der Waals surface area contributed by atoms with E-state index in [0.717, 1.165) is 25.7 Å². The second kappa shape index (κ2) is 4.13. The van der Waals surface area contributed by atoms with Crippen molar-refractivity contribution >= 4 is 5.97 Å². The first-order chi connectivity index (χ1) is 5.34. The fraction of sp³-hybridized carbons (Fsp3) is 0.625. The second-order valence-corrected chi connectivity index (χ2v) is 2.52. The number of rotatable bonds is 2. The third-order valence-corrected chi connectivity index (χ3v) is 1.69. The molecule has 0 aromatic rings. The minimum atomic E-state index is -0.222. The van der Waals surface area contributed by atoms with Crippen LogP contribution < -0.4 is 0 Å². The van der Waals surface area contributed by atoms with Gasteiger partial charge < -0.3 is 9.47 Å². The zero-order valence-corrected chi connectivity index (χ0v) is 6.41. The Morgan fingerprint density at radius 3 is 3.09 bits per heavy atom. The van der Waals surface area contributed by atoms with Gasteiger partial charge in [0.05, 0.1) is 18.8 Å². The second-order valence-electron chi connectivity index (χ2n) is 2.52. The van der Waals surface area contributed by atoms with Crippen LogP contribution in [-0.4, -0.2) is 19.2 Å². The van der Waals surface area contributed by atoms with Gasteiger partial charge in [-0.05, 0) is 12.8 Å². The lowest BCUT2D eigenvalue weighted by molar-refractivity contribution is -0.146. The first-order valence-corrected chi connectivity index (χ1v) is 3.73. The van der Waals surface area contributed by atoms with Gasteiger partial charge in [0, 0.05) is 6.61 Å². The van der Waals surface area contributed by atoms with Crippen LogP contribution >= 0.6 is 0 Å². The lowest BCUT2D eigenvalue weighted by Crippen LogP contribution is -2.25. The highest BCUT2D eigenvalue weighted by atomic mass is 16.5. The van der Waals surface area contributed by atoms with Gasteiger partial charge in [-0.25, -0.2) is 0 Å². The smallest absolute Gasteiger partial charge is 0.316 e. The zero-order valence-electron chi connectivity index (χ0n) is 6.41. The van der Waals surface area contributed by atoms with Gasteiger partial charge in [-0.3, -0.25) is 4.79 Å². The van der Waals surface area contributed by atoms with Crippen molar-refractivity contribution < 1.29 is 14.3 Å². The molecular formula is C8H12O3. The van der Waals surface area contributed by atoms with Crippen molar-refractivity contribution in [1.82, 2.24) is 0 Å². The van der Waals surface area contributed by atoms with Crippen molar-refractivity contribution in [2.45, 2.75) is 12.8 Å². The third kappa shape index (κ3) is 2.35. The molecule has 0 saturated carbocycles. The summed E-state index contributed by atoms with van der Waals surface area (Å²) in [5, 5.41) is 0. The number of hydrogen-bond acceptors (Lipinski definition) is 3. The van der Waals surface area contributed by atoms with Crippen LogP contribution in [0.2, 0.25) is 0 Å². The molecule has 3 nitrogen and oxygen atoms in total. The number of hydrogen-bond donors (Lipinski definition) is 0. The molecule has 1 fully saturated rings. The number of carbonyl (C=O) groups is 1. The Morgan fingerprint density at radius 1 is 1.73 bits per heavy atom. The Balaban J connectivity index is 2.32. The highest BCUT2D eigenvalue weighted by Crippen LogP contribution is 2.14. The van der Waals surface area contributed by atoms with E-state index in [1.165, 1.54) is 0 Å². The molecule has 1 saturated heterocycles. The molecule has 1 atom stereocenters. The summed E-state index contributed by atoms with van der Waals surface area (Å²) in [6.07, 6.45) is 2.97. The average Bonchev–Trinajstić information content (AvgIpc) is 2.07. The molecule has 0 bridgehead atoms. The monoisotopic (exact) mass is 156 g/mol. The van der Waals surface area contributed by atoms with Crippen LogP contribution in [0.5, 0.6) is 0 Å². The standard InChI is InChI=1S/C8H12O3/c1-2-11-8(9)7-4-3-5-10-6-7/h2,7H,1,3-6H2. The number of ether oxygens (including phenoxy) is 2. The van der Waals surface area contributed by atoms with Crippen LogP contribution in [0.1, 0.15) is 12.8 Å². The minimum Gasteiger partial charge on any atom is -0.435 e. The Labute approximate surface area is 66.0 Å². The summed E-state index contributed by atoms with van der Waals surface area (Å²) in [4.78, 5) is 11.0. The van der Waals surface area contributed by atoms with Crippen LogP contribution in [0.3, 0.4) is 0 Å². The van der Waals surface area contributed by atoms with Crippen molar-refractivity contribution in [1.29, 1.82) is 0 Å². The fourth-order valence-electron chi connectivity index (χ4n) is 1.10. The maximum atomic E-state index is 11.0. The summed E-state index contributed by atoms with van der Waals surface area (Å²) in [5.74, 6) is -0.304. The van der Waals surface area contributed by atoms with Crippen LogP contribution in [0.25, 0.3) is 0 Å². The SMILES string of the molecule is C=COC(=O)C1CCCOC1. The molecule has 11 heavy (non-hydrogen) atoms. The van der Waals surface area contributed by atoms with E-state index in [-0.39, 0.29) is 11.9 Å². The van der Waals surface area contributed by atoms with E-state index >= 15 is 0 Å². The highest BCUT2D eigenvalue weighted by molar-refractivity contribution is 5.73.